The SMILES string of the molecule is C=COC(C=C)c1cccc(/C=C/c2ccc3ccc(Cl)cc3n2)c1. The fourth-order valence-corrected chi connectivity index (χ4v) is 2.76. The first-order valence-corrected chi connectivity index (χ1v) is 8.30. The van der Waals surface area contributed by atoms with Gasteiger partial charge in [0.15, 0.2) is 0 Å². The molecule has 0 aliphatic heterocycles. The zero-order chi connectivity index (χ0) is 17.6. The number of rotatable bonds is 6. The third kappa shape index (κ3) is 4.17. The monoisotopic (exact) mass is 347 g/mol. The molecule has 25 heavy (non-hydrogen) atoms. The molecule has 0 aliphatic carbocycles. The molecule has 0 fully saturated rings. The van der Waals surface area contributed by atoms with Gasteiger partial charge < -0.3 is 4.74 Å². The summed E-state index contributed by atoms with van der Waals surface area (Å²) in [6.07, 6.45) is 6.98. The van der Waals surface area contributed by atoms with Crippen molar-refractivity contribution in [2.75, 3.05) is 0 Å². The zero-order valence-electron chi connectivity index (χ0n) is 13.7. The fourth-order valence-electron chi connectivity index (χ4n) is 2.59. The van der Waals surface area contributed by atoms with Crippen LogP contribution < -0.4 is 0 Å². The van der Waals surface area contributed by atoms with Crippen LogP contribution in [0.4, 0.5) is 0 Å². The average molecular weight is 348 g/mol. The smallest absolute Gasteiger partial charge is 0.141 e. The minimum atomic E-state index is -0.202. The van der Waals surface area contributed by atoms with Gasteiger partial charge >= 0.3 is 0 Å². The predicted octanol–water partition coefficient (Wildman–Crippen LogP) is 6.45. The molecule has 1 heterocycles. The molecule has 3 heteroatoms. The van der Waals surface area contributed by atoms with Gasteiger partial charge in [0.1, 0.15) is 6.10 Å². The summed E-state index contributed by atoms with van der Waals surface area (Å²) in [6, 6.07) is 17.8. The van der Waals surface area contributed by atoms with Crippen LogP contribution in [0.3, 0.4) is 0 Å². The number of hydrogen-bond donors (Lipinski definition) is 0. The van der Waals surface area contributed by atoms with Crippen molar-refractivity contribution in [1.29, 1.82) is 0 Å². The van der Waals surface area contributed by atoms with Gasteiger partial charge in [-0.05, 0) is 47.5 Å². The third-order valence-electron chi connectivity index (χ3n) is 3.82. The standard InChI is InChI=1S/C22H18ClNO/c1-3-22(25-4-2)18-7-5-6-16(14-18)8-12-20-13-10-17-9-11-19(23)15-21(17)24-20/h3-15,22H,1-2H2/b12-8+. The van der Waals surface area contributed by atoms with Crippen LogP contribution in [0.15, 0.2) is 80.1 Å². The molecule has 3 aromatic rings. The minimum absolute atomic E-state index is 0.202. The summed E-state index contributed by atoms with van der Waals surface area (Å²) in [5, 5.41) is 1.76. The zero-order valence-corrected chi connectivity index (χ0v) is 14.5. The molecule has 1 atom stereocenters. The number of benzene rings is 2. The highest BCUT2D eigenvalue weighted by Crippen LogP contribution is 2.22. The van der Waals surface area contributed by atoms with Crippen molar-refractivity contribution in [3.63, 3.8) is 0 Å². The molecule has 0 saturated heterocycles. The molecular formula is C22H18ClNO. The molecule has 1 unspecified atom stereocenters. The van der Waals surface area contributed by atoms with Crippen molar-refractivity contribution < 1.29 is 4.74 Å². The van der Waals surface area contributed by atoms with Gasteiger partial charge in [-0.2, -0.15) is 0 Å². The lowest BCUT2D eigenvalue weighted by atomic mass is 10.1. The normalized spacial score (nSPS) is 12.2. The van der Waals surface area contributed by atoms with E-state index in [9.17, 15) is 0 Å². The quantitative estimate of drug-likeness (QED) is 0.378. The highest BCUT2D eigenvalue weighted by Gasteiger charge is 2.06. The Balaban J connectivity index is 1.86. The maximum atomic E-state index is 6.05. The van der Waals surface area contributed by atoms with E-state index in [2.05, 4.69) is 24.2 Å². The molecule has 2 nitrogen and oxygen atoms in total. The summed E-state index contributed by atoms with van der Waals surface area (Å²) < 4.78 is 5.45. The third-order valence-corrected chi connectivity index (χ3v) is 4.05. The van der Waals surface area contributed by atoms with E-state index in [4.69, 9.17) is 16.3 Å². The fraction of sp³-hybridized carbons (Fsp3) is 0.0455. The Morgan fingerprint density at radius 3 is 2.64 bits per heavy atom. The lowest BCUT2D eigenvalue weighted by Gasteiger charge is -2.12. The molecule has 2 aromatic carbocycles. The second-order valence-electron chi connectivity index (χ2n) is 5.54. The highest BCUT2D eigenvalue weighted by atomic mass is 35.5. The number of ether oxygens (including phenoxy) is 1. The van der Waals surface area contributed by atoms with E-state index < -0.39 is 0 Å². The summed E-state index contributed by atoms with van der Waals surface area (Å²) in [7, 11) is 0. The molecule has 0 amide bonds. The highest BCUT2D eigenvalue weighted by molar-refractivity contribution is 6.31. The Bertz CT molecular complexity index is 946. The van der Waals surface area contributed by atoms with Gasteiger partial charge in [-0.3, -0.25) is 0 Å². The van der Waals surface area contributed by atoms with Crippen LogP contribution in [0.5, 0.6) is 0 Å². The molecule has 0 N–H and O–H groups in total. The Kier molecular flexibility index (Phi) is 5.32. The van der Waals surface area contributed by atoms with Gasteiger partial charge in [0.2, 0.25) is 0 Å². The van der Waals surface area contributed by atoms with Crippen LogP contribution in [0.25, 0.3) is 23.1 Å². The Morgan fingerprint density at radius 2 is 1.84 bits per heavy atom. The summed E-state index contributed by atoms with van der Waals surface area (Å²) in [5.41, 5.74) is 3.84. The van der Waals surface area contributed by atoms with E-state index in [0.717, 1.165) is 27.7 Å². The number of fused-ring (bicyclic) bond motifs is 1. The van der Waals surface area contributed by atoms with Crippen LogP contribution in [-0.2, 0) is 4.74 Å². The summed E-state index contributed by atoms with van der Waals surface area (Å²) in [6.45, 7) is 7.41. The number of halogens is 1. The maximum Gasteiger partial charge on any atom is 0.141 e. The van der Waals surface area contributed by atoms with Gasteiger partial charge in [0.25, 0.3) is 0 Å². The van der Waals surface area contributed by atoms with Gasteiger partial charge in [-0.1, -0.05) is 61.2 Å². The number of pyridine rings is 1. The van der Waals surface area contributed by atoms with E-state index in [0.29, 0.717) is 5.02 Å². The molecule has 0 spiro atoms. The van der Waals surface area contributed by atoms with Crippen LogP contribution >= 0.6 is 11.6 Å². The average Bonchev–Trinajstić information content (AvgIpc) is 2.64. The minimum Gasteiger partial charge on any atom is -0.490 e. The first kappa shape index (κ1) is 17.0. The van der Waals surface area contributed by atoms with E-state index in [1.165, 1.54) is 6.26 Å². The summed E-state index contributed by atoms with van der Waals surface area (Å²) in [4.78, 5) is 4.63. The lowest BCUT2D eigenvalue weighted by Crippen LogP contribution is -1.96. The van der Waals surface area contributed by atoms with Crippen molar-refractivity contribution >= 4 is 34.7 Å². The second kappa shape index (κ2) is 7.82. The number of aromatic nitrogens is 1. The Morgan fingerprint density at radius 1 is 1.00 bits per heavy atom. The summed E-state index contributed by atoms with van der Waals surface area (Å²) in [5.74, 6) is 0. The van der Waals surface area contributed by atoms with Crippen LogP contribution in [0, 0.1) is 0 Å². The van der Waals surface area contributed by atoms with Crippen molar-refractivity contribution in [2.45, 2.75) is 6.10 Å². The van der Waals surface area contributed by atoms with Gasteiger partial charge in [-0.15, -0.1) is 0 Å². The second-order valence-corrected chi connectivity index (χ2v) is 5.97. The molecule has 124 valence electrons. The molecule has 0 aliphatic rings. The molecule has 0 saturated carbocycles. The van der Waals surface area contributed by atoms with Crippen LogP contribution in [-0.4, -0.2) is 4.98 Å². The van der Waals surface area contributed by atoms with Crippen molar-refractivity contribution in [2.24, 2.45) is 0 Å². The van der Waals surface area contributed by atoms with Crippen molar-refractivity contribution in [1.82, 2.24) is 4.98 Å². The summed E-state index contributed by atoms with van der Waals surface area (Å²) >= 11 is 6.05. The van der Waals surface area contributed by atoms with Crippen LogP contribution in [0.2, 0.25) is 5.02 Å². The van der Waals surface area contributed by atoms with Crippen LogP contribution in [0.1, 0.15) is 22.9 Å². The van der Waals surface area contributed by atoms with Gasteiger partial charge in [0.05, 0.1) is 17.5 Å². The van der Waals surface area contributed by atoms with E-state index in [1.54, 1.807) is 6.08 Å². The molecule has 1 aromatic heterocycles. The van der Waals surface area contributed by atoms with Gasteiger partial charge in [-0.25, -0.2) is 4.98 Å². The number of hydrogen-bond acceptors (Lipinski definition) is 2. The Hall–Kier alpha value is -2.84. The Labute approximate surface area is 152 Å². The largest absolute Gasteiger partial charge is 0.490 e. The van der Waals surface area contributed by atoms with E-state index in [-0.39, 0.29) is 6.10 Å². The lowest BCUT2D eigenvalue weighted by molar-refractivity contribution is 0.191. The van der Waals surface area contributed by atoms with Gasteiger partial charge in [0, 0.05) is 10.4 Å². The maximum absolute atomic E-state index is 6.05. The molecular weight excluding hydrogens is 330 g/mol. The van der Waals surface area contributed by atoms with E-state index in [1.807, 2.05) is 60.7 Å². The first-order valence-electron chi connectivity index (χ1n) is 7.93. The molecule has 3 rings (SSSR count). The first-order chi connectivity index (χ1) is 12.2. The number of nitrogens with zero attached hydrogens (tertiary/aromatic N) is 1. The van der Waals surface area contributed by atoms with Crippen molar-refractivity contribution in [3.05, 3.63) is 102 Å². The molecule has 0 radical (unpaired) electrons. The topological polar surface area (TPSA) is 22.1 Å². The molecule has 0 bridgehead atoms. The predicted molar refractivity (Wildman–Crippen MR) is 106 cm³/mol. The van der Waals surface area contributed by atoms with E-state index >= 15 is 0 Å². The van der Waals surface area contributed by atoms with Crippen molar-refractivity contribution in [3.8, 4) is 0 Å².